The Bertz CT molecular complexity index is 583. The second kappa shape index (κ2) is 6.10. The van der Waals surface area contributed by atoms with E-state index in [9.17, 15) is 14.8 Å². The van der Waals surface area contributed by atoms with Crippen LogP contribution in [0.4, 0.5) is 0 Å². The van der Waals surface area contributed by atoms with Gasteiger partial charge in [-0.1, -0.05) is 0 Å². The predicted octanol–water partition coefficient (Wildman–Crippen LogP) is 4.16. The number of hydrogen-bond acceptors (Lipinski definition) is 5. The topological polar surface area (TPSA) is 76.0 Å². The number of benzene rings is 2. The van der Waals surface area contributed by atoms with Crippen LogP contribution in [-0.2, 0) is 4.57 Å². The summed E-state index contributed by atoms with van der Waals surface area (Å²) < 4.78 is 23.9. The van der Waals surface area contributed by atoms with Crippen molar-refractivity contribution in [1.29, 1.82) is 0 Å². The fourth-order valence-corrected chi connectivity index (χ4v) is 2.83. The highest BCUT2D eigenvalue weighted by Gasteiger charge is 2.32. The van der Waals surface area contributed by atoms with Crippen molar-refractivity contribution >= 4 is 7.60 Å². The van der Waals surface area contributed by atoms with Crippen LogP contribution < -0.4 is 9.05 Å². The second-order valence-corrected chi connectivity index (χ2v) is 7.28. The fourth-order valence-electron chi connectivity index (χ4n) is 1.54. The highest BCUT2D eigenvalue weighted by Crippen LogP contribution is 2.52. The maximum atomic E-state index is 12.9. The van der Waals surface area contributed by atoms with E-state index in [1.807, 2.05) is 0 Å². The quantitative estimate of drug-likeness (QED) is 0.811. The lowest BCUT2D eigenvalue weighted by Crippen LogP contribution is -2.10. The molecule has 0 aromatic heterocycles. The Hall–Kier alpha value is -2.13. The zero-order chi connectivity index (χ0) is 15.5. The summed E-state index contributed by atoms with van der Waals surface area (Å²) in [6.07, 6.45) is 0. The van der Waals surface area contributed by atoms with Crippen molar-refractivity contribution in [1.82, 2.24) is 0 Å². The van der Waals surface area contributed by atoms with E-state index in [0.29, 0.717) is 11.5 Å². The SMILES string of the molecule is CC(C)P(=O)(Oc1ccc(O)cc1)Oc1ccc(O)cc1. The van der Waals surface area contributed by atoms with E-state index in [1.165, 1.54) is 48.5 Å². The lowest BCUT2D eigenvalue weighted by molar-refractivity contribution is 0.375. The molecule has 2 aromatic rings. The van der Waals surface area contributed by atoms with Crippen molar-refractivity contribution in [2.45, 2.75) is 19.5 Å². The average Bonchev–Trinajstić information content (AvgIpc) is 2.44. The summed E-state index contributed by atoms with van der Waals surface area (Å²) in [6.45, 7) is 3.48. The Kier molecular flexibility index (Phi) is 4.43. The second-order valence-electron chi connectivity index (χ2n) is 4.80. The minimum atomic E-state index is -3.43. The first-order valence-electron chi connectivity index (χ1n) is 6.46. The molecule has 0 aliphatic rings. The Morgan fingerprint density at radius 1 is 0.810 bits per heavy atom. The molecule has 0 bridgehead atoms. The van der Waals surface area contributed by atoms with E-state index in [-0.39, 0.29) is 17.2 Å². The maximum absolute atomic E-state index is 12.9. The number of phenols is 2. The molecule has 0 aliphatic carbocycles. The van der Waals surface area contributed by atoms with E-state index in [4.69, 9.17) is 9.05 Å². The molecule has 2 rings (SSSR count). The fraction of sp³-hybridized carbons (Fsp3) is 0.200. The summed E-state index contributed by atoms with van der Waals surface area (Å²) in [4.78, 5) is 0. The molecule has 2 aromatic carbocycles. The highest BCUT2D eigenvalue weighted by molar-refractivity contribution is 7.55. The van der Waals surface area contributed by atoms with Gasteiger partial charge in [0.25, 0.3) is 0 Å². The molecule has 21 heavy (non-hydrogen) atoms. The molecular formula is C15H17O5P. The van der Waals surface area contributed by atoms with Crippen molar-refractivity contribution in [2.75, 3.05) is 0 Å². The van der Waals surface area contributed by atoms with E-state index in [2.05, 4.69) is 0 Å². The average molecular weight is 308 g/mol. The van der Waals surface area contributed by atoms with Gasteiger partial charge in [0.05, 0.1) is 5.66 Å². The first-order valence-corrected chi connectivity index (χ1v) is 8.07. The number of aromatic hydroxyl groups is 2. The van der Waals surface area contributed by atoms with Crippen LogP contribution in [0, 0.1) is 0 Å². The molecule has 0 saturated heterocycles. The van der Waals surface area contributed by atoms with Crippen LogP contribution in [0.25, 0.3) is 0 Å². The van der Waals surface area contributed by atoms with Gasteiger partial charge in [-0.2, -0.15) is 0 Å². The third-order valence-corrected chi connectivity index (χ3v) is 4.97. The van der Waals surface area contributed by atoms with Gasteiger partial charge in [0.15, 0.2) is 0 Å². The van der Waals surface area contributed by atoms with Crippen molar-refractivity contribution in [3.63, 3.8) is 0 Å². The molecule has 5 nitrogen and oxygen atoms in total. The van der Waals surface area contributed by atoms with Crippen LogP contribution in [0.3, 0.4) is 0 Å². The van der Waals surface area contributed by atoms with Gasteiger partial charge >= 0.3 is 7.60 Å². The standard InChI is InChI=1S/C15H17O5P/c1-11(2)21(18,19-14-7-3-12(16)4-8-14)20-15-9-5-13(17)6-10-15/h3-11,16-17H,1-2H3. The van der Waals surface area contributed by atoms with Crippen LogP contribution >= 0.6 is 7.60 Å². The molecule has 112 valence electrons. The Balaban J connectivity index is 2.21. The lowest BCUT2D eigenvalue weighted by atomic mass is 10.3. The van der Waals surface area contributed by atoms with Crippen molar-refractivity contribution in [2.24, 2.45) is 0 Å². The van der Waals surface area contributed by atoms with Crippen LogP contribution in [0.1, 0.15) is 13.8 Å². The molecule has 0 radical (unpaired) electrons. The summed E-state index contributed by atoms with van der Waals surface area (Å²) in [6, 6.07) is 11.9. The summed E-state index contributed by atoms with van der Waals surface area (Å²) in [5.41, 5.74) is -0.361. The molecule has 0 amide bonds. The normalized spacial score (nSPS) is 11.4. The smallest absolute Gasteiger partial charge is 0.433 e. The van der Waals surface area contributed by atoms with Crippen LogP contribution in [0.15, 0.2) is 48.5 Å². The van der Waals surface area contributed by atoms with Gasteiger partial charge in [-0.15, -0.1) is 0 Å². The molecule has 0 atom stereocenters. The minimum absolute atomic E-state index is 0.0983. The Morgan fingerprint density at radius 3 is 1.43 bits per heavy atom. The summed E-state index contributed by atoms with van der Waals surface area (Å²) in [7, 11) is -3.43. The molecular weight excluding hydrogens is 291 g/mol. The van der Waals surface area contributed by atoms with E-state index in [0.717, 1.165) is 0 Å². The zero-order valence-electron chi connectivity index (χ0n) is 11.8. The predicted molar refractivity (Wildman–Crippen MR) is 80.2 cm³/mol. The first-order chi connectivity index (χ1) is 9.89. The van der Waals surface area contributed by atoms with E-state index < -0.39 is 7.60 Å². The van der Waals surface area contributed by atoms with Crippen LogP contribution in [-0.4, -0.2) is 15.9 Å². The lowest BCUT2D eigenvalue weighted by Gasteiger charge is -2.23. The van der Waals surface area contributed by atoms with E-state index in [1.54, 1.807) is 13.8 Å². The van der Waals surface area contributed by atoms with E-state index >= 15 is 0 Å². The van der Waals surface area contributed by atoms with Gasteiger partial charge in [-0.25, -0.2) is 4.57 Å². The molecule has 0 aliphatic heterocycles. The molecule has 0 heterocycles. The van der Waals surface area contributed by atoms with Gasteiger partial charge in [-0.3, -0.25) is 0 Å². The minimum Gasteiger partial charge on any atom is -0.508 e. The molecule has 2 N–H and O–H groups in total. The van der Waals surface area contributed by atoms with Gasteiger partial charge < -0.3 is 19.3 Å². The number of phenolic OH excluding ortho intramolecular Hbond substituents is 2. The first kappa shape index (κ1) is 15.3. The third-order valence-electron chi connectivity index (χ3n) is 2.77. The van der Waals surface area contributed by atoms with Gasteiger partial charge in [0.2, 0.25) is 0 Å². The van der Waals surface area contributed by atoms with Crippen molar-refractivity contribution < 1.29 is 23.8 Å². The molecule has 6 heteroatoms. The van der Waals surface area contributed by atoms with Crippen molar-refractivity contribution in [3.8, 4) is 23.0 Å². The van der Waals surface area contributed by atoms with Crippen LogP contribution in [0.5, 0.6) is 23.0 Å². The summed E-state index contributed by atoms with van der Waals surface area (Å²) >= 11 is 0. The Labute approximate surface area is 123 Å². The zero-order valence-corrected chi connectivity index (χ0v) is 12.7. The van der Waals surface area contributed by atoms with Crippen molar-refractivity contribution in [3.05, 3.63) is 48.5 Å². The molecule has 0 spiro atoms. The third kappa shape index (κ3) is 3.92. The summed E-state index contributed by atoms with van der Waals surface area (Å²) in [5.74, 6) is 0.898. The largest absolute Gasteiger partial charge is 0.508 e. The highest BCUT2D eigenvalue weighted by atomic mass is 31.2. The number of rotatable bonds is 5. The summed E-state index contributed by atoms with van der Waals surface area (Å²) in [5, 5.41) is 18.5. The molecule has 0 fully saturated rings. The molecule has 0 unspecified atom stereocenters. The van der Waals surface area contributed by atoms with Gasteiger partial charge in [0.1, 0.15) is 23.0 Å². The molecule has 0 saturated carbocycles. The number of hydrogen-bond donors (Lipinski definition) is 2. The van der Waals surface area contributed by atoms with Gasteiger partial charge in [0, 0.05) is 0 Å². The van der Waals surface area contributed by atoms with Crippen LogP contribution in [0.2, 0.25) is 0 Å². The Morgan fingerprint density at radius 2 is 1.14 bits per heavy atom. The maximum Gasteiger partial charge on any atom is 0.433 e. The van der Waals surface area contributed by atoms with Gasteiger partial charge in [-0.05, 0) is 62.4 Å². The monoisotopic (exact) mass is 308 g/mol.